The average Bonchev–Trinajstić information content (AvgIpc) is 3.13. The lowest BCUT2D eigenvalue weighted by Crippen LogP contribution is -2.20. The number of amides is 1. The molecule has 3 aromatic rings. The lowest BCUT2D eigenvalue weighted by molar-refractivity contribution is -0.384. The molecule has 30 heavy (non-hydrogen) atoms. The van der Waals surface area contributed by atoms with E-state index in [0.29, 0.717) is 16.3 Å². The Balaban J connectivity index is 1.74. The number of carbonyl (C=O) groups excluding carboxylic acids is 1. The molecule has 1 amide bonds. The fraction of sp³-hybridized carbons (Fsp3) is 0.143. The number of non-ortho nitro benzene ring substituents is 1. The maximum Gasteiger partial charge on any atom is 0.270 e. The molecule has 0 spiro atoms. The Morgan fingerprint density at radius 2 is 1.97 bits per heavy atom. The topological polar surface area (TPSA) is 118 Å². The van der Waals surface area contributed by atoms with Crippen molar-refractivity contribution in [3.05, 3.63) is 74.3 Å². The molecule has 1 N–H and O–H groups in total. The van der Waals surface area contributed by atoms with Gasteiger partial charge in [-0.3, -0.25) is 20.2 Å². The minimum Gasteiger partial charge on any atom is -0.484 e. The van der Waals surface area contributed by atoms with Crippen molar-refractivity contribution in [1.82, 2.24) is 0 Å². The highest BCUT2D eigenvalue weighted by atomic mass is 35.5. The van der Waals surface area contributed by atoms with Crippen LogP contribution in [0.5, 0.6) is 5.75 Å². The van der Waals surface area contributed by atoms with Gasteiger partial charge in [0.05, 0.1) is 4.92 Å². The molecule has 152 valence electrons. The van der Waals surface area contributed by atoms with E-state index in [-0.39, 0.29) is 29.5 Å². The van der Waals surface area contributed by atoms with Gasteiger partial charge in [-0.15, -0.1) is 0 Å². The van der Waals surface area contributed by atoms with E-state index in [2.05, 4.69) is 5.32 Å². The van der Waals surface area contributed by atoms with E-state index >= 15 is 0 Å². The average molecular weight is 426 g/mol. The first-order valence-electron chi connectivity index (χ1n) is 8.76. The lowest BCUT2D eigenvalue weighted by atomic mass is 10.1. The maximum absolute atomic E-state index is 12.3. The van der Waals surface area contributed by atoms with Crippen molar-refractivity contribution in [3.8, 4) is 23.1 Å². The molecule has 0 saturated heterocycles. The van der Waals surface area contributed by atoms with Crippen molar-refractivity contribution < 1.29 is 18.9 Å². The van der Waals surface area contributed by atoms with E-state index < -0.39 is 10.8 Å². The molecule has 8 nitrogen and oxygen atoms in total. The van der Waals surface area contributed by atoms with E-state index in [1.54, 1.807) is 18.2 Å². The Kier molecular flexibility index (Phi) is 6.04. The Morgan fingerprint density at radius 3 is 2.60 bits per heavy atom. The molecule has 9 heteroatoms. The number of carbonyl (C=O) groups is 1. The summed E-state index contributed by atoms with van der Waals surface area (Å²) in [5.74, 6) is 0.116. The normalized spacial score (nSPS) is 10.3. The molecule has 0 unspecified atom stereocenters. The summed E-state index contributed by atoms with van der Waals surface area (Å²) in [6, 6.07) is 12.5. The summed E-state index contributed by atoms with van der Waals surface area (Å²) in [5.41, 5.74) is 2.03. The van der Waals surface area contributed by atoms with Crippen molar-refractivity contribution in [2.24, 2.45) is 0 Å². The van der Waals surface area contributed by atoms with E-state index in [0.717, 1.165) is 11.1 Å². The molecule has 2 aromatic carbocycles. The number of aryl methyl sites for hydroxylation is 2. The number of nitro groups is 1. The fourth-order valence-corrected chi connectivity index (χ4v) is 2.89. The van der Waals surface area contributed by atoms with Crippen LogP contribution in [0.1, 0.15) is 16.7 Å². The standard InChI is InChI=1S/C21H16ClN3O5/c1-12-6-17(7-13(2)20(12)22)29-11-19(26)24-21-15(10-23)9-18(30-21)14-4-3-5-16(8-14)25(27)28/h3-9H,11H2,1-2H3,(H,24,26). The molecule has 0 atom stereocenters. The molecule has 1 aromatic heterocycles. The van der Waals surface area contributed by atoms with Crippen LogP contribution in [-0.2, 0) is 4.79 Å². The number of hydrogen-bond acceptors (Lipinski definition) is 6. The van der Waals surface area contributed by atoms with E-state index in [9.17, 15) is 20.2 Å². The number of nitrogens with zero attached hydrogens (tertiary/aromatic N) is 2. The van der Waals surface area contributed by atoms with Crippen LogP contribution in [0.3, 0.4) is 0 Å². The van der Waals surface area contributed by atoms with Crippen molar-refractivity contribution in [2.75, 3.05) is 11.9 Å². The number of ether oxygens (including phenoxy) is 1. The minimum atomic E-state index is -0.531. The molecule has 0 bridgehead atoms. The third kappa shape index (κ3) is 4.59. The second-order valence-electron chi connectivity index (χ2n) is 6.48. The van der Waals surface area contributed by atoms with Gasteiger partial charge in [-0.2, -0.15) is 5.26 Å². The number of halogens is 1. The Morgan fingerprint density at radius 1 is 1.27 bits per heavy atom. The molecule has 0 aliphatic heterocycles. The number of benzene rings is 2. The van der Waals surface area contributed by atoms with Gasteiger partial charge in [-0.1, -0.05) is 23.7 Å². The number of nitriles is 1. The minimum absolute atomic E-state index is 0.0592. The van der Waals surface area contributed by atoms with Crippen LogP contribution in [0.2, 0.25) is 5.02 Å². The maximum atomic E-state index is 12.3. The number of nitrogens with one attached hydrogen (secondary N) is 1. The van der Waals surface area contributed by atoms with Crippen LogP contribution in [-0.4, -0.2) is 17.4 Å². The molecule has 0 aliphatic carbocycles. The Bertz CT molecular complexity index is 1160. The molecule has 0 saturated carbocycles. The first-order valence-corrected chi connectivity index (χ1v) is 9.14. The van der Waals surface area contributed by atoms with Crippen LogP contribution in [0.25, 0.3) is 11.3 Å². The van der Waals surface area contributed by atoms with E-state index in [1.807, 2.05) is 19.9 Å². The number of rotatable bonds is 6. The van der Waals surface area contributed by atoms with Crippen LogP contribution >= 0.6 is 11.6 Å². The molecule has 0 fully saturated rings. The molecule has 0 aliphatic rings. The molecule has 3 rings (SSSR count). The zero-order valence-electron chi connectivity index (χ0n) is 16.1. The van der Waals surface area contributed by atoms with Crippen LogP contribution in [0, 0.1) is 35.3 Å². The number of nitro benzene ring substituents is 1. The molecule has 0 radical (unpaired) electrons. The third-order valence-corrected chi connectivity index (χ3v) is 4.82. The van der Waals surface area contributed by atoms with Crippen molar-refractivity contribution >= 4 is 29.1 Å². The summed E-state index contributed by atoms with van der Waals surface area (Å²) in [6.07, 6.45) is 0. The number of furan rings is 1. The predicted octanol–water partition coefficient (Wildman–Crippen LogP) is 5.01. The second-order valence-corrected chi connectivity index (χ2v) is 6.86. The van der Waals surface area contributed by atoms with Crippen molar-refractivity contribution in [1.29, 1.82) is 5.26 Å². The smallest absolute Gasteiger partial charge is 0.270 e. The number of anilines is 1. The summed E-state index contributed by atoms with van der Waals surface area (Å²) >= 11 is 6.12. The predicted molar refractivity (Wildman–Crippen MR) is 111 cm³/mol. The molecule has 1 heterocycles. The van der Waals surface area contributed by atoms with Gasteiger partial charge in [0.2, 0.25) is 5.88 Å². The van der Waals surface area contributed by atoms with Gasteiger partial charge in [0.25, 0.3) is 11.6 Å². The summed E-state index contributed by atoms with van der Waals surface area (Å²) in [4.78, 5) is 22.7. The first-order chi connectivity index (χ1) is 14.3. The highest BCUT2D eigenvalue weighted by Crippen LogP contribution is 2.31. The largest absolute Gasteiger partial charge is 0.484 e. The van der Waals surface area contributed by atoms with Gasteiger partial charge in [0.15, 0.2) is 6.61 Å². The summed E-state index contributed by atoms with van der Waals surface area (Å²) in [6.45, 7) is 3.36. The van der Waals surface area contributed by atoms with Crippen LogP contribution in [0.4, 0.5) is 11.6 Å². The van der Waals surface area contributed by atoms with E-state index in [4.69, 9.17) is 20.8 Å². The zero-order valence-corrected chi connectivity index (χ0v) is 16.8. The van der Waals surface area contributed by atoms with Crippen LogP contribution in [0.15, 0.2) is 46.9 Å². The van der Waals surface area contributed by atoms with Crippen molar-refractivity contribution in [2.45, 2.75) is 13.8 Å². The van der Waals surface area contributed by atoms with E-state index in [1.165, 1.54) is 24.3 Å². The first kappa shape index (κ1) is 20.9. The summed E-state index contributed by atoms with van der Waals surface area (Å²) < 4.78 is 11.0. The number of hydrogen-bond donors (Lipinski definition) is 1. The monoisotopic (exact) mass is 425 g/mol. The highest BCUT2D eigenvalue weighted by Gasteiger charge is 2.17. The highest BCUT2D eigenvalue weighted by molar-refractivity contribution is 6.32. The third-order valence-electron chi connectivity index (χ3n) is 4.23. The second kappa shape index (κ2) is 8.68. The Hall–Kier alpha value is -3.83. The van der Waals surface area contributed by atoms with Gasteiger partial charge < -0.3 is 9.15 Å². The SMILES string of the molecule is Cc1cc(OCC(=O)Nc2oc(-c3cccc([N+](=O)[O-])c3)cc2C#N)cc(C)c1Cl. The van der Waals surface area contributed by atoms with Gasteiger partial charge in [-0.25, -0.2) is 0 Å². The summed E-state index contributed by atoms with van der Waals surface area (Å²) in [7, 11) is 0. The summed E-state index contributed by atoms with van der Waals surface area (Å²) in [5, 5.41) is 23.4. The van der Waals surface area contributed by atoms with Gasteiger partial charge in [0, 0.05) is 28.8 Å². The molecular formula is C21H16ClN3O5. The van der Waals surface area contributed by atoms with Crippen molar-refractivity contribution in [3.63, 3.8) is 0 Å². The van der Waals surface area contributed by atoms with Gasteiger partial charge in [0.1, 0.15) is 23.1 Å². The van der Waals surface area contributed by atoms with Gasteiger partial charge >= 0.3 is 0 Å². The van der Waals surface area contributed by atoms with Gasteiger partial charge in [-0.05, 0) is 37.1 Å². The Labute approximate surface area is 176 Å². The fourth-order valence-electron chi connectivity index (χ4n) is 2.78. The quantitative estimate of drug-likeness (QED) is 0.437. The van der Waals surface area contributed by atoms with Crippen LogP contribution < -0.4 is 10.1 Å². The molecular weight excluding hydrogens is 410 g/mol. The zero-order chi connectivity index (χ0) is 21.8. The lowest BCUT2D eigenvalue weighted by Gasteiger charge is -2.09.